The molecular formula is C33H40N2O7S. The molecule has 10 heteroatoms. The molecule has 0 aliphatic carbocycles. The Morgan fingerprint density at radius 2 is 1.74 bits per heavy atom. The van der Waals surface area contributed by atoms with E-state index in [1.165, 1.54) is 0 Å². The van der Waals surface area contributed by atoms with Gasteiger partial charge < -0.3 is 19.3 Å². The van der Waals surface area contributed by atoms with Gasteiger partial charge in [-0.25, -0.2) is 8.42 Å². The Morgan fingerprint density at radius 3 is 2.44 bits per heavy atom. The molecule has 5 rings (SSSR count). The number of carbonyl (C=O) groups excluding carboxylic acids is 1. The number of aliphatic hydroxyl groups excluding tert-OH is 1. The van der Waals surface area contributed by atoms with Crippen LogP contribution in [0.15, 0.2) is 83.8 Å². The summed E-state index contributed by atoms with van der Waals surface area (Å²) >= 11 is 0. The summed E-state index contributed by atoms with van der Waals surface area (Å²) in [6.07, 6.45) is 0.832. The van der Waals surface area contributed by atoms with Crippen molar-refractivity contribution >= 4 is 21.7 Å². The van der Waals surface area contributed by atoms with Crippen LogP contribution in [0.4, 0.5) is 5.69 Å². The molecule has 3 aromatic rings. The van der Waals surface area contributed by atoms with Gasteiger partial charge in [-0.2, -0.15) is 0 Å². The lowest BCUT2D eigenvalue weighted by molar-refractivity contribution is -0.253. The molecular weight excluding hydrogens is 568 g/mol. The number of nitrogens with one attached hydrogen (secondary N) is 1. The first-order valence-corrected chi connectivity index (χ1v) is 16.1. The van der Waals surface area contributed by atoms with E-state index >= 15 is 0 Å². The largest absolute Gasteiger partial charge is 0.459 e. The van der Waals surface area contributed by atoms with Gasteiger partial charge in [0.05, 0.1) is 23.7 Å². The van der Waals surface area contributed by atoms with Gasteiger partial charge in [-0.3, -0.25) is 14.4 Å². The molecule has 2 fully saturated rings. The first-order chi connectivity index (χ1) is 20.5. The maximum absolute atomic E-state index is 13.0. The van der Waals surface area contributed by atoms with Gasteiger partial charge in [0, 0.05) is 24.2 Å². The normalized spacial score (nSPS) is 23.2. The molecule has 0 radical (unpaired) electrons. The van der Waals surface area contributed by atoms with Gasteiger partial charge in [0.15, 0.2) is 6.29 Å². The van der Waals surface area contributed by atoms with Crippen LogP contribution in [0.2, 0.25) is 0 Å². The zero-order valence-electron chi connectivity index (χ0n) is 24.8. The second kappa shape index (κ2) is 13.2. The number of sulfonamides is 1. The summed E-state index contributed by atoms with van der Waals surface area (Å²) < 4.78 is 47.2. The third kappa shape index (κ3) is 8.01. The summed E-state index contributed by atoms with van der Waals surface area (Å²) in [5.74, 6) is -0.219. The molecule has 2 aliphatic rings. The number of esters is 1. The van der Waals surface area contributed by atoms with E-state index in [0.29, 0.717) is 24.2 Å². The van der Waals surface area contributed by atoms with Gasteiger partial charge in [0.2, 0.25) is 0 Å². The van der Waals surface area contributed by atoms with Crippen LogP contribution < -0.4 is 4.72 Å². The fourth-order valence-electron chi connectivity index (χ4n) is 5.54. The van der Waals surface area contributed by atoms with Crippen LogP contribution in [0.25, 0.3) is 0 Å². The molecule has 9 nitrogen and oxygen atoms in total. The minimum Gasteiger partial charge on any atom is -0.459 e. The monoisotopic (exact) mass is 608 g/mol. The molecule has 3 aromatic carbocycles. The Kier molecular flexibility index (Phi) is 9.53. The molecule has 2 N–H and O–H groups in total. The predicted molar refractivity (Wildman–Crippen MR) is 163 cm³/mol. The lowest BCUT2D eigenvalue weighted by Crippen LogP contribution is -2.45. The average Bonchev–Trinajstić information content (AvgIpc) is 3.45. The predicted octanol–water partition coefficient (Wildman–Crippen LogP) is 5.33. The van der Waals surface area contributed by atoms with Gasteiger partial charge in [-0.1, -0.05) is 54.6 Å². The van der Waals surface area contributed by atoms with Gasteiger partial charge in [0.1, 0.15) is 11.6 Å². The number of anilines is 1. The molecule has 2 heterocycles. The lowest BCUT2D eigenvalue weighted by Gasteiger charge is -2.38. The van der Waals surface area contributed by atoms with Crippen LogP contribution in [0, 0.1) is 0 Å². The third-order valence-electron chi connectivity index (χ3n) is 7.56. The van der Waals surface area contributed by atoms with E-state index in [9.17, 15) is 18.3 Å². The number of carbonyl (C=O) groups is 1. The van der Waals surface area contributed by atoms with E-state index in [0.717, 1.165) is 30.5 Å². The second-order valence-electron chi connectivity index (χ2n) is 12.1. The highest BCUT2D eigenvalue weighted by Crippen LogP contribution is 2.39. The second-order valence-corrected chi connectivity index (χ2v) is 13.8. The highest BCUT2D eigenvalue weighted by molar-refractivity contribution is 7.92. The number of rotatable bonds is 9. The quantitative estimate of drug-likeness (QED) is 0.314. The molecule has 0 aromatic heterocycles. The van der Waals surface area contributed by atoms with Crippen molar-refractivity contribution in [3.05, 3.63) is 95.6 Å². The van der Waals surface area contributed by atoms with Crippen molar-refractivity contribution < 1.29 is 32.5 Å². The van der Waals surface area contributed by atoms with E-state index in [1.54, 1.807) is 48.5 Å². The summed E-state index contributed by atoms with van der Waals surface area (Å²) in [5, 5.41) is 9.51. The van der Waals surface area contributed by atoms with Gasteiger partial charge in [-0.15, -0.1) is 0 Å². The van der Waals surface area contributed by atoms with E-state index in [2.05, 4.69) is 9.62 Å². The van der Waals surface area contributed by atoms with Crippen molar-refractivity contribution in [3.8, 4) is 0 Å². The zero-order chi connectivity index (χ0) is 30.6. The molecule has 230 valence electrons. The summed E-state index contributed by atoms with van der Waals surface area (Å²) in [4.78, 5) is 15.3. The average molecular weight is 609 g/mol. The molecule has 0 saturated carbocycles. The van der Waals surface area contributed by atoms with E-state index in [1.807, 2.05) is 51.1 Å². The zero-order valence-corrected chi connectivity index (χ0v) is 25.6. The Labute approximate surface area is 253 Å². The van der Waals surface area contributed by atoms with Crippen LogP contribution >= 0.6 is 0 Å². The lowest BCUT2D eigenvalue weighted by atomic mass is 9.99. The van der Waals surface area contributed by atoms with Gasteiger partial charge >= 0.3 is 5.97 Å². The molecule has 0 spiro atoms. The maximum Gasteiger partial charge on any atom is 0.323 e. The van der Waals surface area contributed by atoms with Crippen molar-refractivity contribution in [2.45, 2.75) is 81.7 Å². The van der Waals surface area contributed by atoms with Crippen LogP contribution in [0.3, 0.4) is 0 Å². The summed E-state index contributed by atoms with van der Waals surface area (Å²) in [7, 11) is -3.78. The summed E-state index contributed by atoms with van der Waals surface area (Å²) in [6, 6.07) is 22.5. The molecule has 2 aliphatic heterocycles. The molecule has 4 atom stereocenters. The van der Waals surface area contributed by atoms with Crippen molar-refractivity contribution in [2.24, 2.45) is 0 Å². The molecule has 0 unspecified atom stereocenters. The Bertz CT molecular complexity index is 1490. The summed E-state index contributed by atoms with van der Waals surface area (Å²) in [6.45, 7) is 6.86. The molecule has 2 saturated heterocycles. The highest BCUT2D eigenvalue weighted by Gasteiger charge is 2.39. The number of hydrogen-bond acceptors (Lipinski definition) is 8. The van der Waals surface area contributed by atoms with Crippen molar-refractivity contribution in [1.82, 2.24) is 4.90 Å². The SMILES string of the molecule is CC(C)(C)OC(=O)[C@@H]1CCCN1C[C@H]1C[C@@H](c2ccc(CO)cc2)O[C@@H](c2cccc(NS(=O)(=O)c3ccccc3)c2)O1. The van der Waals surface area contributed by atoms with Gasteiger partial charge in [0.25, 0.3) is 10.0 Å². The minimum atomic E-state index is -3.78. The number of likely N-dealkylation sites (tertiary alicyclic amines) is 1. The van der Waals surface area contributed by atoms with Crippen LogP contribution in [0.1, 0.15) is 69.1 Å². The summed E-state index contributed by atoms with van der Waals surface area (Å²) in [5.41, 5.74) is 2.25. The maximum atomic E-state index is 13.0. The van der Waals surface area contributed by atoms with Crippen molar-refractivity contribution in [1.29, 1.82) is 0 Å². The molecule has 43 heavy (non-hydrogen) atoms. The number of ether oxygens (including phenoxy) is 3. The van der Waals surface area contributed by atoms with Crippen molar-refractivity contribution in [3.63, 3.8) is 0 Å². The number of hydrogen-bond donors (Lipinski definition) is 2. The number of aliphatic hydroxyl groups is 1. The Morgan fingerprint density at radius 1 is 1.00 bits per heavy atom. The van der Waals surface area contributed by atoms with Crippen LogP contribution in [-0.4, -0.2) is 55.2 Å². The van der Waals surface area contributed by atoms with E-state index in [-0.39, 0.29) is 35.7 Å². The smallest absolute Gasteiger partial charge is 0.323 e. The fraction of sp³-hybridized carbons (Fsp3) is 0.424. The molecule has 0 amide bonds. The van der Waals surface area contributed by atoms with E-state index < -0.39 is 21.9 Å². The van der Waals surface area contributed by atoms with E-state index in [4.69, 9.17) is 14.2 Å². The first kappa shape index (κ1) is 31.2. The topological polar surface area (TPSA) is 114 Å². The minimum absolute atomic E-state index is 0.0487. The standard InChI is InChI=1S/C33H40N2O7S/c1-33(2,3)42-31(37)29-13-8-18-35(29)21-27-20-30(24-16-14-23(22-36)15-17-24)41-32(40-27)25-9-7-10-26(19-25)34-43(38,39)28-11-5-4-6-12-28/h4-7,9-12,14-17,19,27,29-30,32,34,36H,8,13,18,20-22H2,1-3H3/t27-,29+,30+,32+/m1/s1. The van der Waals surface area contributed by atoms with Gasteiger partial charge in [-0.05, 0) is 75.5 Å². The van der Waals surface area contributed by atoms with Crippen molar-refractivity contribution in [2.75, 3.05) is 17.8 Å². The highest BCUT2D eigenvalue weighted by atomic mass is 32.2. The third-order valence-corrected chi connectivity index (χ3v) is 8.96. The van der Waals surface area contributed by atoms with Crippen LogP contribution in [0.5, 0.6) is 0 Å². The number of benzene rings is 3. The Balaban J connectivity index is 1.38. The van der Waals surface area contributed by atoms with Crippen LogP contribution in [-0.2, 0) is 35.6 Å². The molecule has 0 bridgehead atoms. The Hall–Kier alpha value is -3.28. The first-order valence-electron chi connectivity index (χ1n) is 14.7. The fourth-order valence-corrected chi connectivity index (χ4v) is 6.61. The number of nitrogens with zero attached hydrogens (tertiary/aromatic N) is 1.